The van der Waals surface area contributed by atoms with E-state index in [1.807, 2.05) is 6.92 Å². The molecular formula is C15H19ClN4O3. The summed E-state index contributed by atoms with van der Waals surface area (Å²) < 4.78 is 5.06. The zero-order chi connectivity index (χ0) is 17.4. The van der Waals surface area contributed by atoms with Crippen molar-refractivity contribution in [3.8, 4) is 5.75 Å². The van der Waals surface area contributed by atoms with Crippen molar-refractivity contribution in [2.24, 2.45) is 0 Å². The van der Waals surface area contributed by atoms with Gasteiger partial charge in [-0.2, -0.15) is 0 Å². The fourth-order valence-electron chi connectivity index (χ4n) is 1.67. The summed E-state index contributed by atoms with van der Waals surface area (Å²) in [5.74, 6) is 0.639. The number of benzene rings is 2. The second-order valence-electron chi connectivity index (χ2n) is 4.45. The summed E-state index contributed by atoms with van der Waals surface area (Å²) in [6, 6.07) is 9.21. The Labute approximate surface area is 139 Å². The van der Waals surface area contributed by atoms with E-state index < -0.39 is 4.92 Å². The highest BCUT2D eigenvalue weighted by atomic mass is 35.5. The molecule has 0 aliphatic carbocycles. The van der Waals surface area contributed by atoms with Crippen LogP contribution in [0.25, 0.3) is 0 Å². The number of ether oxygens (including phenoxy) is 1. The quantitative estimate of drug-likeness (QED) is 0.446. The lowest BCUT2D eigenvalue weighted by molar-refractivity contribution is -0.384. The Morgan fingerprint density at radius 1 is 1.26 bits per heavy atom. The highest BCUT2D eigenvalue weighted by Crippen LogP contribution is 2.32. The number of non-ortho nitro benzene ring substituents is 1. The molecule has 0 bridgehead atoms. The summed E-state index contributed by atoms with van der Waals surface area (Å²) in [5, 5.41) is 13.8. The van der Waals surface area contributed by atoms with Crippen LogP contribution in [0, 0.1) is 10.1 Å². The Balaban J connectivity index is 0.000000238. The van der Waals surface area contributed by atoms with E-state index in [0.29, 0.717) is 22.1 Å². The maximum absolute atomic E-state index is 10.1. The van der Waals surface area contributed by atoms with Gasteiger partial charge in [-0.05, 0) is 25.1 Å². The van der Waals surface area contributed by atoms with Crippen LogP contribution >= 0.6 is 11.6 Å². The van der Waals surface area contributed by atoms with Gasteiger partial charge >= 0.3 is 0 Å². The zero-order valence-electron chi connectivity index (χ0n) is 12.9. The first-order valence-electron chi connectivity index (χ1n) is 6.75. The van der Waals surface area contributed by atoms with Gasteiger partial charge in [0.1, 0.15) is 5.75 Å². The van der Waals surface area contributed by atoms with Gasteiger partial charge in [-0.1, -0.05) is 11.6 Å². The Morgan fingerprint density at radius 2 is 1.87 bits per heavy atom. The van der Waals surface area contributed by atoms with E-state index >= 15 is 0 Å². The molecule has 0 aliphatic heterocycles. The van der Waals surface area contributed by atoms with Gasteiger partial charge in [-0.25, -0.2) is 0 Å². The molecule has 0 radical (unpaired) electrons. The van der Waals surface area contributed by atoms with E-state index in [-0.39, 0.29) is 5.69 Å². The van der Waals surface area contributed by atoms with E-state index in [4.69, 9.17) is 27.8 Å². The summed E-state index contributed by atoms with van der Waals surface area (Å²) in [6.07, 6.45) is 0. The zero-order valence-corrected chi connectivity index (χ0v) is 13.6. The average Bonchev–Trinajstić information content (AvgIpc) is 2.51. The van der Waals surface area contributed by atoms with E-state index in [2.05, 4.69) is 5.32 Å². The smallest absolute Gasteiger partial charge is 0.269 e. The van der Waals surface area contributed by atoms with Crippen molar-refractivity contribution in [1.29, 1.82) is 0 Å². The third kappa shape index (κ3) is 5.55. The normalized spacial score (nSPS) is 9.52. The van der Waals surface area contributed by atoms with Crippen LogP contribution in [0.3, 0.4) is 0 Å². The molecule has 0 aromatic heterocycles. The van der Waals surface area contributed by atoms with E-state index in [9.17, 15) is 10.1 Å². The number of nitrogens with zero attached hydrogens (tertiary/aromatic N) is 1. The van der Waals surface area contributed by atoms with Crippen LogP contribution in [0.4, 0.5) is 22.7 Å². The van der Waals surface area contributed by atoms with Gasteiger partial charge in [0.25, 0.3) is 5.69 Å². The summed E-state index contributed by atoms with van der Waals surface area (Å²) in [5.41, 5.74) is 13.0. The molecule has 0 fully saturated rings. The van der Waals surface area contributed by atoms with Crippen LogP contribution < -0.4 is 21.5 Å². The Bertz CT molecular complexity index is 663. The molecule has 2 rings (SSSR count). The molecule has 8 heteroatoms. The SMILES string of the molecule is CCNc1cc(OC)c(N)cc1Cl.Nc1ccc([N+](=O)[O-])cc1. The molecule has 0 spiro atoms. The van der Waals surface area contributed by atoms with E-state index in [1.165, 1.54) is 24.3 Å². The van der Waals surface area contributed by atoms with Crippen molar-refractivity contribution < 1.29 is 9.66 Å². The Hall–Kier alpha value is -2.67. The molecule has 0 saturated carbocycles. The number of nitrogens with one attached hydrogen (secondary N) is 1. The molecule has 23 heavy (non-hydrogen) atoms. The molecule has 7 nitrogen and oxygen atoms in total. The molecule has 0 amide bonds. The molecule has 0 heterocycles. The maximum atomic E-state index is 10.1. The van der Waals surface area contributed by atoms with Crippen LogP contribution in [0.5, 0.6) is 5.75 Å². The molecule has 2 aromatic rings. The molecule has 2 aromatic carbocycles. The van der Waals surface area contributed by atoms with Gasteiger partial charge in [0, 0.05) is 30.4 Å². The summed E-state index contributed by atoms with van der Waals surface area (Å²) >= 11 is 5.94. The number of anilines is 3. The largest absolute Gasteiger partial charge is 0.495 e. The average molecular weight is 339 g/mol. The van der Waals surface area contributed by atoms with Gasteiger partial charge in [0.2, 0.25) is 0 Å². The number of halogens is 1. The number of methoxy groups -OCH3 is 1. The predicted molar refractivity (Wildman–Crippen MR) is 94.1 cm³/mol. The molecule has 0 unspecified atom stereocenters. The second-order valence-corrected chi connectivity index (χ2v) is 4.86. The number of nitrogens with two attached hydrogens (primary N) is 2. The predicted octanol–water partition coefficient (Wildman–Crippen LogP) is 3.54. The second kappa shape index (κ2) is 8.70. The first-order valence-corrected chi connectivity index (χ1v) is 7.13. The molecule has 5 N–H and O–H groups in total. The lowest BCUT2D eigenvalue weighted by Crippen LogP contribution is -1.99. The highest BCUT2D eigenvalue weighted by Gasteiger charge is 2.05. The van der Waals surface area contributed by atoms with Gasteiger partial charge in [0.15, 0.2) is 0 Å². The number of hydrogen-bond donors (Lipinski definition) is 3. The maximum Gasteiger partial charge on any atom is 0.269 e. The van der Waals surface area contributed by atoms with Crippen molar-refractivity contribution >= 4 is 34.4 Å². The van der Waals surface area contributed by atoms with Crippen LogP contribution in [0.1, 0.15) is 6.92 Å². The summed E-state index contributed by atoms with van der Waals surface area (Å²) in [6.45, 7) is 2.81. The molecule has 0 aliphatic rings. The number of rotatable bonds is 4. The number of hydrogen-bond acceptors (Lipinski definition) is 6. The molecule has 0 atom stereocenters. The first-order chi connectivity index (χ1) is 10.9. The first kappa shape index (κ1) is 18.4. The van der Waals surface area contributed by atoms with Crippen LogP contribution in [0.2, 0.25) is 5.02 Å². The van der Waals surface area contributed by atoms with Gasteiger partial charge in [-0.15, -0.1) is 0 Å². The van der Waals surface area contributed by atoms with Crippen LogP contribution in [-0.4, -0.2) is 18.6 Å². The minimum absolute atomic E-state index is 0.0641. The van der Waals surface area contributed by atoms with Crippen molar-refractivity contribution in [1.82, 2.24) is 0 Å². The minimum atomic E-state index is -0.459. The lowest BCUT2D eigenvalue weighted by Gasteiger charge is -2.10. The summed E-state index contributed by atoms with van der Waals surface area (Å²) in [7, 11) is 1.58. The van der Waals surface area contributed by atoms with Crippen molar-refractivity contribution in [2.45, 2.75) is 6.92 Å². The van der Waals surface area contributed by atoms with Crippen molar-refractivity contribution in [3.05, 3.63) is 51.5 Å². The topological polar surface area (TPSA) is 116 Å². The summed E-state index contributed by atoms with van der Waals surface area (Å²) in [4.78, 5) is 9.62. The number of nitrogen functional groups attached to an aromatic ring is 2. The standard InChI is InChI=1S/C9H13ClN2O.C6H6N2O2/c1-3-12-8-5-9(13-2)7(11)4-6(8)10;7-5-1-3-6(4-2-5)8(9)10/h4-5,12H,3,11H2,1-2H3;1-4H,7H2. The molecule has 124 valence electrons. The Morgan fingerprint density at radius 3 is 2.35 bits per heavy atom. The third-order valence-corrected chi connectivity index (χ3v) is 3.10. The fourth-order valence-corrected chi connectivity index (χ4v) is 1.91. The molecular weight excluding hydrogens is 320 g/mol. The van der Waals surface area contributed by atoms with Crippen molar-refractivity contribution in [3.63, 3.8) is 0 Å². The highest BCUT2D eigenvalue weighted by molar-refractivity contribution is 6.33. The lowest BCUT2D eigenvalue weighted by atomic mass is 10.2. The van der Waals surface area contributed by atoms with Crippen molar-refractivity contribution in [2.75, 3.05) is 30.4 Å². The number of nitro benzene ring substituents is 1. The van der Waals surface area contributed by atoms with Gasteiger partial charge in [0.05, 0.1) is 28.4 Å². The fraction of sp³-hybridized carbons (Fsp3) is 0.200. The van der Waals surface area contributed by atoms with E-state index in [1.54, 1.807) is 19.2 Å². The van der Waals surface area contributed by atoms with E-state index in [0.717, 1.165) is 12.2 Å². The van der Waals surface area contributed by atoms with Gasteiger partial charge < -0.3 is 21.5 Å². The molecule has 0 saturated heterocycles. The third-order valence-electron chi connectivity index (χ3n) is 2.79. The Kier molecular flexibility index (Phi) is 6.95. The minimum Gasteiger partial charge on any atom is -0.495 e. The van der Waals surface area contributed by atoms with Crippen LogP contribution in [0.15, 0.2) is 36.4 Å². The van der Waals surface area contributed by atoms with Crippen LogP contribution in [-0.2, 0) is 0 Å². The monoisotopic (exact) mass is 338 g/mol. The van der Waals surface area contributed by atoms with Gasteiger partial charge in [-0.3, -0.25) is 10.1 Å². The number of nitro groups is 1.